The summed E-state index contributed by atoms with van der Waals surface area (Å²) in [6, 6.07) is 5.30. The molecular weight excluding hydrogens is 196 g/mol. The van der Waals surface area contributed by atoms with E-state index in [1.165, 1.54) is 7.11 Å². The molecule has 82 valence electrons. The van der Waals surface area contributed by atoms with Gasteiger partial charge >= 0.3 is 5.97 Å². The molecule has 0 heterocycles. The SMILES string of the molecule is COC(=O)Cc1cc(OC)ccc1OC. The normalized spacial score (nSPS) is 9.53. The van der Waals surface area contributed by atoms with Gasteiger partial charge in [0.25, 0.3) is 0 Å². The van der Waals surface area contributed by atoms with Gasteiger partial charge in [0.2, 0.25) is 0 Å². The second kappa shape index (κ2) is 5.24. The maximum atomic E-state index is 11.1. The van der Waals surface area contributed by atoms with Crippen LogP contribution < -0.4 is 9.47 Å². The summed E-state index contributed by atoms with van der Waals surface area (Å²) >= 11 is 0. The number of benzene rings is 1. The summed E-state index contributed by atoms with van der Waals surface area (Å²) in [6.07, 6.45) is 0.177. The first kappa shape index (κ1) is 11.4. The van der Waals surface area contributed by atoms with Crippen LogP contribution in [-0.2, 0) is 16.0 Å². The van der Waals surface area contributed by atoms with E-state index in [0.717, 1.165) is 5.56 Å². The van der Waals surface area contributed by atoms with Crippen LogP contribution >= 0.6 is 0 Å². The van der Waals surface area contributed by atoms with Crippen molar-refractivity contribution in [3.63, 3.8) is 0 Å². The Morgan fingerprint density at radius 3 is 2.47 bits per heavy atom. The van der Waals surface area contributed by atoms with Crippen molar-refractivity contribution >= 4 is 5.97 Å². The van der Waals surface area contributed by atoms with E-state index >= 15 is 0 Å². The zero-order valence-electron chi connectivity index (χ0n) is 9.07. The van der Waals surface area contributed by atoms with Crippen molar-refractivity contribution in [2.75, 3.05) is 21.3 Å². The van der Waals surface area contributed by atoms with Crippen molar-refractivity contribution < 1.29 is 19.0 Å². The smallest absolute Gasteiger partial charge is 0.310 e. The van der Waals surface area contributed by atoms with Gasteiger partial charge in [-0.25, -0.2) is 0 Å². The van der Waals surface area contributed by atoms with Crippen molar-refractivity contribution in [2.24, 2.45) is 0 Å². The minimum absolute atomic E-state index is 0.177. The summed E-state index contributed by atoms with van der Waals surface area (Å²) in [5.74, 6) is 1.04. The van der Waals surface area contributed by atoms with Crippen molar-refractivity contribution in [1.29, 1.82) is 0 Å². The molecule has 0 unspecified atom stereocenters. The summed E-state index contributed by atoms with van der Waals surface area (Å²) in [7, 11) is 4.49. The molecule has 0 fully saturated rings. The highest BCUT2D eigenvalue weighted by molar-refractivity contribution is 5.73. The number of hydrogen-bond donors (Lipinski definition) is 0. The third kappa shape index (κ3) is 2.87. The van der Waals surface area contributed by atoms with Crippen LogP contribution in [0.15, 0.2) is 18.2 Å². The monoisotopic (exact) mass is 210 g/mol. The molecule has 0 aliphatic heterocycles. The van der Waals surface area contributed by atoms with E-state index in [0.29, 0.717) is 11.5 Å². The summed E-state index contributed by atoms with van der Waals surface area (Å²) in [5, 5.41) is 0. The van der Waals surface area contributed by atoms with E-state index in [-0.39, 0.29) is 12.4 Å². The number of esters is 1. The molecule has 0 saturated heterocycles. The Kier molecular flexibility index (Phi) is 3.97. The fourth-order valence-corrected chi connectivity index (χ4v) is 1.25. The van der Waals surface area contributed by atoms with Crippen LogP contribution in [0, 0.1) is 0 Å². The van der Waals surface area contributed by atoms with Crippen molar-refractivity contribution in [1.82, 2.24) is 0 Å². The van der Waals surface area contributed by atoms with Gasteiger partial charge in [-0.3, -0.25) is 4.79 Å². The molecule has 0 aliphatic rings. The molecule has 0 amide bonds. The lowest BCUT2D eigenvalue weighted by Gasteiger charge is -2.09. The number of carbonyl (C=O) groups is 1. The predicted octanol–water partition coefficient (Wildman–Crippen LogP) is 1.42. The molecule has 0 N–H and O–H groups in total. The highest BCUT2D eigenvalue weighted by atomic mass is 16.5. The molecule has 0 aromatic heterocycles. The molecule has 0 radical (unpaired) electrons. The third-order valence-corrected chi connectivity index (χ3v) is 2.05. The highest BCUT2D eigenvalue weighted by Gasteiger charge is 2.09. The zero-order valence-corrected chi connectivity index (χ0v) is 9.07. The number of carbonyl (C=O) groups excluding carboxylic acids is 1. The maximum Gasteiger partial charge on any atom is 0.310 e. The summed E-state index contributed by atoms with van der Waals surface area (Å²) in [4.78, 5) is 11.1. The second-order valence-corrected chi connectivity index (χ2v) is 2.93. The third-order valence-electron chi connectivity index (χ3n) is 2.05. The van der Waals surface area contributed by atoms with Crippen LogP contribution in [-0.4, -0.2) is 27.3 Å². The molecule has 4 heteroatoms. The molecule has 0 atom stereocenters. The van der Waals surface area contributed by atoms with Gasteiger partial charge in [0.15, 0.2) is 0 Å². The quantitative estimate of drug-likeness (QED) is 0.705. The second-order valence-electron chi connectivity index (χ2n) is 2.93. The zero-order chi connectivity index (χ0) is 11.3. The lowest BCUT2D eigenvalue weighted by Crippen LogP contribution is -2.06. The van der Waals surface area contributed by atoms with Gasteiger partial charge in [-0.15, -0.1) is 0 Å². The summed E-state index contributed by atoms with van der Waals surface area (Å²) in [6.45, 7) is 0. The average molecular weight is 210 g/mol. The van der Waals surface area contributed by atoms with E-state index < -0.39 is 0 Å². The minimum Gasteiger partial charge on any atom is -0.497 e. The number of methoxy groups -OCH3 is 3. The van der Waals surface area contributed by atoms with Gasteiger partial charge in [0.05, 0.1) is 27.8 Å². The van der Waals surface area contributed by atoms with Crippen molar-refractivity contribution in [2.45, 2.75) is 6.42 Å². The molecule has 4 nitrogen and oxygen atoms in total. The van der Waals surface area contributed by atoms with Gasteiger partial charge < -0.3 is 14.2 Å². The Hall–Kier alpha value is -1.71. The highest BCUT2D eigenvalue weighted by Crippen LogP contribution is 2.24. The number of ether oxygens (including phenoxy) is 3. The predicted molar refractivity (Wildman–Crippen MR) is 55.3 cm³/mol. The molecular formula is C11H14O4. The van der Waals surface area contributed by atoms with Crippen molar-refractivity contribution in [3.8, 4) is 11.5 Å². The lowest BCUT2D eigenvalue weighted by molar-refractivity contribution is -0.139. The van der Waals surface area contributed by atoms with Crippen LogP contribution in [0.25, 0.3) is 0 Å². The standard InChI is InChI=1S/C11H14O4/c1-13-9-4-5-10(14-2)8(6-9)7-11(12)15-3/h4-6H,7H2,1-3H3. The molecule has 1 aromatic rings. The topological polar surface area (TPSA) is 44.8 Å². The Morgan fingerprint density at radius 2 is 1.93 bits per heavy atom. The van der Waals surface area contributed by atoms with E-state index in [4.69, 9.17) is 9.47 Å². The van der Waals surface area contributed by atoms with Gasteiger partial charge in [-0.05, 0) is 18.2 Å². The lowest BCUT2D eigenvalue weighted by atomic mass is 10.1. The molecule has 0 saturated carbocycles. The molecule has 0 spiro atoms. The van der Waals surface area contributed by atoms with Crippen LogP contribution in [0.3, 0.4) is 0 Å². The number of hydrogen-bond acceptors (Lipinski definition) is 4. The van der Waals surface area contributed by atoms with Gasteiger partial charge in [-0.1, -0.05) is 0 Å². The van der Waals surface area contributed by atoms with E-state index in [2.05, 4.69) is 4.74 Å². The molecule has 0 aliphatic carbocycles. The fourth-order valence-electron chi connectivity index (χ4n) is 1.25. The maximum absolute atomic E-state index is 11.1. The van der Waals surface area contributed by atoms with Crippen LogP contribution in [0.1, 0.15) is 5.56 Å². The van der Waals surface area contributed by atoms with Gasteiger partial charge in [-0.2, -0.15) is 0 Å². The van der Waals surface area contributed by atoms with Crippen LogP contribution in [0.4, 0.5) is 0 Å². The first-order chi connectivity index (χ1) is 7.21. The van der Waals surface area contributed by atoms with Crippen LogP contribution in [0.5, 0.6) is 11.5 Å². The molecule has 1 rings (SSSR count). The minimum atomic E-state index is -0.304. The first-order valence-electron chi connectivity index (χ1n) is 4.49. The summed E-state index contributed by atoms with van der Waals surface area (Å²) in [5.41, 5.74) is 0.753. The largest absolute Gasteiger partial charge is 0.497 e. The van der Waals surface area contributed by atoms with Gasteiger partial charge in [0, 0.05) is 5.56 Å². The van der Waals surface area contributed by atoms with E-state index in [9.17, 15) is 4.79 Å². The molecule has 0 bridgehead atoms. The fraction of sp³-hybridized carbons (Fsp3) is 0.364. The Bertz CT molecular complexity index is 346. The van der Waals surface area contributed by atoms with Crippen LogP contribution in [0.2, 0.25) is 0 Å². The average Bonchev–Trinajstić information content (AvgIpc) is 2.28. The Balaban J connectivity index is 2.95. The molecule has 1 aromatic carbocycles. The first-order valence-corrected chi connectivity index (χ1v) is 4.49. The Labute approximate surface area is 88.8 Å². The molecule has 15 heavy (non-hydrogen) atoms. The van der Waals surface area contributed by atoms with E-state index in [1.807, 2.05) is 0 Å². The number of rotatable bonds is 4. The van der Waals surface area contributed by atoms with Crippen molar-refractivity contribution in [3.05, 3.63) is 23.8 Å². The summed E-state index contributed by atoms with van der Waals surface area (Å²) < 4.78 is 14.8. The van der Waals surface area contributed by atoms with Gasteiger partial charge in [0.1, 0.15) is 11.5 Å². The van der Waals surface area contributed by atoms with E-state index in [1.54, 1.807) is 32.4 Å². The Morgan fingerprint density at radius 1 is 1.20 bits per heavy atom.